The molecule has 0 fully saturated rings. The molecule has 0 saturated heterocycles. The van der Waals surface area contributed by atoms with E-state index in [0.29, 0.717) is 11.3 Å². The summed E-state index contributed by atoms with van der Waals surface area (Å²) in [5.74, 6) is 0.429. The van der Waals surface area contributed by atoms with Crippen LogP contribution in [0.2, 0.25) is 0 Å². The predicted octanol–water partition coefficient (Wildman–Crippen LogP) is 3.71. The maximum atomic E-state index is 11.7. The van der Waals surface area contributed by atoms with Crippen LogP contribution in [-0.4, -0.2) is 18.2 Å². The van der Waals surface area contributed by atoms with Gasteiger partial charge in [0.1, 0.15) is 11.4 Å². The average molecular weight is 289 g/mol. The maximum absolute atomic E-state index is 11.7. The Balaban J connectivity index is 2.91. The maximum Gasteiger partial charge on any atom is 0.344 e. The van der Waals surface area contributed by atoms with Gasteiger partial charge in [-0.15, -0.1) is 0 Å². The van der Waals surface area contributed by atoms with Crippen molar-refractivity contribution >= 4 is 5.97 Å². The van der Waals surface area contributed by atoms with Gasteiger partial charge in [0.2, 0.25) is 0 Å². The summed E-state index contributed by atoms with van der Waals surface area (Å²) in [5, 5.41) is 9.10. The highest BCUT2D eigenvalue weighted by Gasteiger charge is 2.18. The van der Waals surface area contributed by atoms with Gasteiger partial charge in [0.05, 0.1) is 11.6 Å². The summed E-state index contributed by atoms with van der Waals surface area (Å²) in [6.45, 7) is 11.2. The smallest absolute Gasteiger partial charge is 0.344 e. The molecule has 0 spiro atoms. The van der Waals surface area contributed by atoms with Crippen molar-refractivity contribution in [3.63, 3.8) is 0 Å². The minimum absolute atomic E-state index is 0.137. The Morgan fingerprint density at radius 2 is 1.95 bits per heavy atom. The number of aryl methyl sites for hydroxylation is 1. The van der Waals surface area contributed by atoms with Crippen LogP contribution in [0.1, 0.15) is 57.2 Å². The van der Waals surface area contributed by atoms with Gasteiger partial charge in [-0.05, 0) is 56.9 Å². The van der Waals surface area contributed by atoms with E-state index >= 15 is 0 Å². The van der Waals surface area contributed by atoms with Gasteiger partial charge in [-0.2, -0.15) is 5.26 Å². The highest BCUT2D eigenvalue weighted by Crippen LogP contribution is 2.29. The molecule has 4 nitrogen and oxygen atoms in total. The number of hydrogen-bond donors (Lipinski definition) is 0. The highest BCUT2D eigenvalue weighted by atomic mass is 16.6. The summed E-state index contributed by atoms with van der Waals surface area (Å²) in [6.07, 6.45) is 0. The van der Waals surface area contributed by atoms with Crippen LogP contribution in [0.25, 0.3) is 0 Å². The van der Waals surface area contributed by atoms with Crippen LogP contribution in [0.3, 0.4) is 0 Å². The van der Waals surface area contributed by atoms with Crippen molar-refractivity contribution in [2.45, 2.75) is 53.1 Å². The SMILES string of the molecule is Cc1cc(OCC(=O)OC(C)(C)C)c(C(C)C)cc1C#N. The fourth-order valence-electron chi connectivity index (χ4n) is 1.90. The summed E-state index contributed by atoms with van der Waals surface area (Å²) >= 11 is 0. The van der Waals surface area contributed by atoms with Crippen molar-refractivity contribution in [3.05, 3.63) is 28.8 Å². The van der Waals surface area contributed by atoms with E-state index in [1.54, 1.807) is 6.07 Å². The lowest BCUT2D eigenvalue weighted by Gasteiger charge is -2.20. The molecule has 0 heterocycles. The van der Waals surface area contributed by atoms with Gasteiger partial charge in [-0.25, -0.2) is 4.79 Å². The van der Waals surface area contributed by atoms with E-state index in [9.17, 15) is 4.79 Å². The van der Waals surface area contributed by atoms with Gasteiger partial charge < -0.3 is 9.47 Å². The minimum Gasteiger partial charge on any atom is -0.482 e. The van der Waals surface area contributed by atoms with Gasteiger partial charge in [0.15, 0.2) is 6.61 Å². The van der Waals surface area contributed by atoms with Crippen LogP contribution in [0.15, 0.2) is 12.1 Å². The molecule has 0 atom stereocenters. The number of rotatable bonds is 4. The number of hydrogen-bond acceptors (Lipinski definition) is 4. The van der Waals surface area contributed by atoms with Gasteiger partial charge in [-0.1, -0.05) is 13.8 Å². The Kier molecular flexibility index (Phi) is 5.37. The standard InChI is InChI=1S/C17H23NO3/c1-11(2)14-8-13(9-18)12(3)7-15(14)20-10-16(19)21-17(4,5)6/h7-8,11H,10H2,1-6H3. The molecule has 0 aromatic heterocycles. The fourth-order valence-corrected chi connectivity index (χ4v) is 1.90. The lowest BCUT2D eigenvalue weighted by atomic mass is 9.97. The number of benzene rings is 1. The van der Waals surface area contributed by atoms with Crippen molar-refractivity contribution in [1.82, 2.24) is 0 Å². The van der Waals surface area contributed by atoms with Crippen LogP contribution >= 0.6 is 0 Å². The highest BCUT2D eigenvalue weighted by molar-refractivity contribution is 5.71. The molecule has 114 valence electrons. The predicted molar refractivity (Wildman–Crippen MR) is 81.3 cm³/mol. The second kappa shape index (κ2) is 6.62. The van der Waals surface area contributed by atoms with Crippen molar-refractivity contribution in [1.29, 1.82) is 5.26 Å². The van der Waals surface area contributed by atoms with Crippen molar-refractivity contribution in [2.75, 3.05) is 6.61 Å². The third kappa shape index (κ3) is 5.11. The first-order valence-corrected chi connectivity index (χ1v) is 7.03. The molecular weight excluding hydrogens is 266 g/mol. The Morgan fingerprint density at radius 1 is 1.33 bits per heavy atom. The molecule has 0 aliphatic carbocycles. The number of carbonyl (C=O) groups is 1. The Morgan fingerprint density at radius 3 is 2.43 bits per heavy atom. The molecule has 4 heteroatoms. The van der Waals surface area contributed by atoms with E-state index in [2.05, 4.69) is 6.07 Å². The molecule has 0 unspecified atom stereocenters. The quantitative estimate of drug-likeness (QED) is 0.793. The molecule has 0 aliphatic heterocycles. The Labute approximate surface area is 126 Å². The van der Waals surface area contributed by atoms with E-state index in [4.69, 9.17) is 14.7 Å². The van der Waals surface area contributed by atoms with E-state index in [1.807, 2.05) is 47.6 Å². The van der Waals surface area contributed by atoms with Gasteiger partial charge in [0, 0.05) is 0 Å². The summed E-state index contributed by atoms with van der Waals surface area (Å²) in [4.78, 5) is 11.7. The molecule has 1 aromatic rings. The normalized spacial score (nSPS) is 11.1. The number of ether oxygens (including phenoxy) is 2. The summed E-state index contributed by atoms with van der Waals surface area (Å²) in [7, 11) is 0. The van der Waals surface area contributed by atoms with Crippen molar-refractivity contribution < 1.29 is 14.3 Å². The number of carbonyl (C=O) groups excluding carboxylic acids is 1. The molecule has 0 radical (unpaired) electrons. The number of nitrogens with zero attached hydrogens (tertiary/aromatic N) is 1. The number of esters is 1. The third-order valence-electron chi connectivity index (χ3n) is 2.86. The second-order valence-corrected chi connectivity index (χ2v) is 6.35. The largest absolute Gasteiger partial charge is 0.482 e. The van der Waals surface area contributed by atoms with E-state index in [0.717, 1.165) is 11.1 Å². The van der Waals surface area contributed by atoms with Crippen LogP contribution in [0, 0.1) is 18.3 Å². The van der Waals surface area contributed by atoms with E-state index < -0.39 is 11.6 Å². The summed E-state index contributed by atoms with van der Waals surface area (Å²) in [5.41, 5.74) is 1.85. The molecule has 0 amide bonds. The molecule has 0 aliphatic rings. The lowest BCUT2D eigenvalue weighted by Crippen LogP contribution is -2.27. The zero-order valence-electron chi connectivity index (χ0n) is 13.6. The first-order chi connectivity index (χ1) is 9.64. The van der Waals surface area contributed by atoms with Crippen LogP contribution in [0.5, 0.6) is 5.75 Å². The molecule has 0 saturated carbocycles. The molecule has 0 bridgehead atoms. The zero-order chi connectivity index (χ0) is 16.2. The molecular formula is C17H23NO3. The van der Waals surface area contributed by atoms with Crippen LogP contribution in [0.4, 0.5) is 0 Å². The summed E-state index contributed by atoms with van der Waals surface area (Å²) in [6, 6.07) is 5.79. The van der Waals surface area contributed by atoms with Gasteiger partial charge >= 0.3 is 5.97 Å². The fraction of sp³-hybridized carbons (Fsp3) is 0.529. The van der Waals surface area contributed by atoms with Gasteiger partial charge in [-0.3, -0.25) is 0 Å². The Bertz CT molecular complexity index is 563. The first-order valence-electron chi connectivity index (χ1n) is 7.03. The van der Waals surface area contributed by atoms with Crippen LogP contribution in [-0.2, 0) is 9.53 Å². The molecule has 1 aromatic carbocycles. The third-order valence-corrected chi connectivity index (χ3v) is 2.86. The number of nitriles is 1. The van der Waals surface area contributed by atoms with Crippen molar-refractivity contribution in [3.8, 4) is 11.8 Å². The first kappa shape index (κ1) is 17.0. The Hall–Kier alpha value is -2.02. The van der Waals surface area contributed by atoms with Crippen molar-refractivity contribution in [2.24, 2.45) is 0 Å². The monoisotopic (exact) mass is 289 g/mol. The molecule has 1 rings (SSSR count). The molecule has 21 heavy (non-hydrogen) atoms. The van der Waals surface area contributed by atoms with Gasteiger partial charge in [0.25, 0.3) is 0 Å². The zero-order valence-corrected chi connectivity index (χ0v) is 13.6. The lowest BCUT2D eigenvalue weighted by molar-refractivity contribution is -0.157. The summed E-state index contributed by atoms with van der Waals surface area (Å²) < 4.78 is 10.8. The van der Waals surface area contributed by atoms with Crippen LogP contribution < -0.4 is 4.74 Å². The average Bonchev–Trinajstić information content (AvgIpc) is 2.33. The molecule has 0 N–H and O–H groups in total. The minimum atomic E-state index is -0.526. The second-order valence-electron chi connectivity index (χ2n) is 6.35. The van der Waals surface area contributed by atoms with E-state index in [-0.39, 0.29) is 12.5 Å². The topological polar surface area (TPSA) is 59.3 Å². The van der Waals surface area contributed by atoms with E-state index in [1.165, 1.54) is 0 Å².